The largest absolute Gasteiger partial charge is 0.489 e. The minimum absolute atomic E-state index is 0.184. The van der Waals surface area contributed by atoms with Gasteiger partial charge in [0.15, 0.2) is 5.76 Å². The smallest absolute Gasteiger partial charge is 0.290 e. The van der Waals surface area contributed by atoms with Gasteiger partial charge in [-0.1, -0.05) is 36.4 Å². The van der Waals surface area contributed by atoms with E-state index in [2.05, 4.69) is 9.97 Å². The maximum Gasteiger partial charge on any atom is 0.290 e. The van der Waals surface area contributed by atoms with Gasteiger partial charge in [-0.05, 0) is 18.2 Å². The van der Waals surface area contributed by atoms with Gasteiger partial charge in [-0.3, -0.25) is 14.6 Å². The summed E-state index contributed by atoms with van der Waals surface area (Å²) in [4.78, 5) is 37.4. The van der Waals surface area contributed by atoms with Crippen molar-refractivity contribution in [1.29, 1.82) is 0 Å². The molecule has 0 atom stereocenters. The second kappa shape index (κ2) is 9.12. The van der Waals surface area contributed by atoms with Gasteiger partial charge in [-0.15, -0.1) is 0 Å². The molecule has 2 aromatic heterocycles. The molecule has 1 saturated heterocycles. The van der Waals surface area contributed by atoms with Crippen molar-refractivity contribution in [3.05, 3.63) is 90.2 Å². The number of carbonyl (C=O) groups excluding carboxylic acids is 2. The Hall–Kier alpha value is -4.20. The topological polar surface area (TPSA) is 88.8 Å². The average Bonchev–Trinajstić information content (AvgIpc) is 3.26. The fourth-order valence-corrected chi connectivity index (χ4v) is 3.91. The van der Waals surface area contributed by atoms with E-state index in [0.29, 0.717) is 37.5 Å². The second-order valence-corrected chi connectivity index (χ2v) is 7.68. The lowest BCUT2D eigenvalue weighted by Crippen LogP contribution is -2.50. The van der Waals surface area contributed by atoms with Gasteiger partial charge in [-0.25, -0.2) is 4.98 Å². The number of aromatic nitrogens is 2. The molecule has 8 nitrogen and oxygen atoms in total. The molecule has 0 N–H and O–H groups in total. The van der Waals surface area contributed by atoms with E-state index in [-0.39, 0.29) is 24.2 Å². The first-order valence-corrected chi connectivity index (χ1v) is 10.7. The number of benzene rings is 2. The number of amides is 2. The SMILES string of the molecule is O=C(c1cnccn1)N1CCN(C(=O)c2oc3ccccc3c2COc2ccccc2)CC1. The van der Waals surface area contributed by atoms with Crippen LogP contribution in [0.5, 0.6) is 5.75 Å². The number of fused-ring (bicyclic) bond motifs is 1. The first-order chi connectivity index (χ1) is 16.2. The highest BCUT2D eigenvalue weighted by molar-refractivity contribution is 5.99. The van der Waals surface area contributed by atoms with Gasteiger partial charge in [-0.2, -0.15) is 0 Å². The van der Waals surface area contributed by atoms with Gasteiger partial charge in [0.1, 0.15) is 23.6 Å². The van der Waals surface area contributed by atoms with E-state index in [1.807, 2.05) is 54.6 Å². The number of nitrogens with zero attached hydrogens (tertiary/aromatic N) is 4. The Morgan fingerprint density at radius 3 is 2.30 bits per heavy atom. The third-order valence-corrected chi connectivity index (χ3v) is 5.66. The molecule has 1 fully saturated rings. The van der Waals surface area contributed by atoms with Crippen LogP contribution >= 0.6 is 0 Å². The summed E-state index contributed by atoms with van der Waals surface area (Å²) in [7, 11) is 0. The summed E-state index contributed by atoms with van der Waals surface area (Å²) in [6.45, 7) is 1.85. The summed E-state index contributed by atoms with van der Waals surface area (Å²) < 4.78 is 11.9. The lowest BCUT2D eigenvalue weighted by molar-refractivity contribution is 0.0514. The highest BCUT2D eigenvalue weighted by Crippen LogP contribution is 2.28. The number of ether oxygens (including phenoxy) is 1. The number of hydrogen-bond acceptors (Lipinski definition) is 6. The Morgan fingerprint density at radius 1 is 0.879 bits per heavy atom. The standard InChI is InChI=1S/C25H22N4O4/c30-24(21-16-26-10-11-27-21)28-12-14-29(15-13-28)25(31)23-20(17-32-18-6-2-1-3-7-18)19-8-4-5-9-22(19)33-23/h1-11,16H,12-15,17H2. The van der Waals surface area contributed by atoms with E-state index < -0.39 is 0 Å². The minimum atomic E-state index is -0.204. The van der Waals surface area contributed by atoms with Crippen LogP contribution in [0.2, 0.25) is 0 Å². The zero-order valence-corrected chi connectivity index (χ0v) is 17.9. The van der Waals surface area contributed by atoms with Crippen LogP contribution in [0.1, 0.15) is 26.6 Å². The van der Waals surface area contributed by atoms with Gasteiger partial charge < -0.3 is 19.0 Å². The normalized spacial score (nSPS) is 13.8. The Bertz CT molecular complexity index is 1270. The molecule has 3 heterocycles. The van der Waals surface area contributed by atoms with Gasteiger partial charge in [0.2, 0.25) is 0 Å². The van der Waals surface area contributed by atoms with Gasteiger partial charge >= 0.3 is 0 Å². The van der Waals surface area contributed by atoms with Crippen LogP contribution < -0.4 is 4.74 Å². The van der Waals surface area contributed by atoms with E-state index in [9.17, 15) is 9.59 Å². The summed E-state index contributed by atoms with van der Waals surface area (Å²) in [5.41, 5.74) is 1.66. The summed E-state index contributed by atoms with van der Waals surface area (Å²) >= 11 is 0. The first-order valence-electron chi connectivity index (χ1n) is 10.7. The molecule has 166 valence electrons. The summed E-state index contributed by atoms with van der Waals surface area (Å²) in [5, 5.41) is 0.855. The molecule has 0 radical (unpaired) electrons. The van der Waals surface area contributed by atoms with Crippen LogP contribution in [0.4, 0.5) is 0 Å². The van der Waals surface area contributed by atoms with Crippen molar-refractivity contribution in [2.45, 2.75) is 6.61 Å². The van der Waals surface area contributed by atoms with Crippen LogP contribution in [0.15, 0.2) is 77.6 Å². The van der Waals surface area contributed by atoms with Gasteiger partial charge in [0.25, 0.3) is 11.8 Å². The number of furan rings is 1. The molecular weight excluding hydrogens is 420 g/mol. The molecule has 5 rings (SSSR count). The van der Waals surface area contributed by atoms with Crippen molar-refractivity contribution < 1.29 is 18.7 Å². The van der Waals surface area contributed by atoms with E-state index in [4.69, 9.17) is 9.15 Å². The molecule has 0 unspecified atom stereocenters. The molecule has 1 aliphatic heterocycles. The second-order valence-electron chi connectivity index (χ2n) is 7.68. The number of carbonyl (C=O) groups is 2. The van der Waals surface area contributed by atoms with Crippen LogP contribution in [-0.4, -0.2) is 57.8 Å². The summed E-state index contributed by atoms with van der Waals surface area (Å²) in [6.07, 6.45) is 4.47. The molecule has 0 spiro atoms. The molecular formula is C25H22N4O4. The number of piperazine rings is 1. The van der Waals surface area contributed by atoms with Crippen molar-refractivity contribution in [2.24, 2.45) is 0 Å². The zero-order valence-electron chi connectivity index (χ0n) is 17.9. The van der Waals surface area contributed by atoms with Gasteiger partial charge in [0.05, 0.1) is 6.20 Å². The first kappa shape index (κ1) is 20.7. The van der Waals surface area contributed by atoms with Crippen molar-refractivity contribution >= 4 is 22.8 Å². The quantitative estimate of drug-likeness (QED) is 0.471. The van der Waals surface area contributed by atoms with Crippen molar-refractivity contribution in [3.8, 4) is 5.75 Å². The molecule has 0 saturated carbocycles. The Morgan fingerprint density at radius 2 is 1.58 bits per heavy atom. The predicted molar refractivity (Wildman–Crippen MR) is 121 cm³/mol. The molecule has 2 aromatic carbocycles. The average molecular weight is 442 g/mol. The Balaban J connectivity index is 1.33. The number of para-hydroxylation sites is 2. The number of rotatable bonds is 5. The Kier molecular flexibility index (Phi) is 5.72. The van der Waals surface area contributed by atoms with E-state index in [0.717, 1.165) is 16.7 Å². The highest BCUT2D eigenvalue weighted by Gasteiger charge is 2.30. The predicted octanol–water partition coefficient (Wildman–Crippen LogP) is 3.40. The van der Waals surface area contributed by atoms with E-state index in [1.54, 1.807) is 9.80 Å². The minimum Gasteiger partial charge on any atom is -0.489 e. The maximum absolute atomic E-state index is 13.4. The molecule has 2 amide bonds. The zero-order chi connectivity index (χ0) is 22.6. The van der Waals surface area contributed by atoms with Crippen LogP contribution in [0.25, 0.3) is 11.0 Å². The van der Waals surface area contributed by atoms with Crippen molar-refractivity contribution in [2.75, 3.05) is 26.2 Å². The molecule has 4 aromatic rings. The van der Waals surface area contributed by atoms with Crippen molar-refractivity contribution in [1.82, 2.24) is 19.8 Å². The molecule has 33 heavy (non-hydrogen) atoms. The summed E-state index contributed by atoms with van der Waals surface area (Å²) in [5.74, 6) is 0.610. The maximum atomic E-state index is 13.4. The number of hydrogen-bond donors (Lipinski definition) is 0. The van der Waals surface area contributed by atoms with E-state index >= 15 is 0 Å². The van der Waals surface area contributed by atoms with Crippen LogP contribution in [0, 0.1) is 0 Å². The van der Waals surface area contributed by atoms with E-state index in [1.165, 1.54) is 18.6 Å². The molecule has 1 aliphatic rings. The van der Waals surface area contributed by atoms with Crippen LogP contribution in [0.3, 0.4) is 0 Å². The third-order valence-electron chi connectivity index (χ3n) is 5.66. The summed E-state index contributed by atoms with van der Waals surface area (Å²) in [6, 6.07) is 17.0. The molecule has 8 heteroatoms. The lowest BCUT2D eigenvalue weighted by atomic mass is 10.1. The monoisotopic (exact) mass is 442 g/mol. The highest BCUT2D eigenvalue weighted by atomic mass is 16.5. The molecule has 0 bridgehead atoms. The van der Waals surface area contributed by atoms with Crippen molar-refractivity contribution in [3.63, 3.8) is 0 Å². The Labute approximate surface area is 190 Å². The van der Waals surface area contributed by atoms with Crippen LogP contribution in [-0.2, 0) is 6.61 Å². The molecule has 0 aliphatic carbocycles. The van der Waals surface area contributed by atoms with Gasteiger partial charge in [0, 0.05) is 49.5 Å². The lowest BCUT2D eigenvalue weighted by Gasteiger charge is -2.34. The third kappa shape index (κ3) is 4.27. The fraction of sp³-hybridized carbons (Fsp3) is 0.200. The fourth-order valence-electron chi connectivity index (χ4n) is 3.91.